The van der Waals surface area contributed by atoms with E-state index in [0.717, 1.165) is 5.82 Å². The molecule has 2 aliphatic rings. The molecule has 162 valence electrons. The number of fused-ring (bicyclic) bond motifs is 2. The van der Waals surface area contributed by atoms with Crippen molar-refractivity contribution < 1.29 is 22.7 Å². The number of ether oxygens (including phenoxy) is 2. The molecule has 2 aliphatic heterocycles. The average molecular weight is 435 g/mol. The summed E-state index contributed by atoms with van der Waals surface area (Å²) in [5, 5.41) is 0. The van der Waals surface area contributed by atoms with Crippen LogP contribution in [0.2, 0.25) is 0 Å². The van der Waals surface area contributed by atoms with E-state index >= 15 is 0 Å². The molecule has 0 bridgehead atoms. The van der Waals surface area contributed by atoms with Crippen LogP contribution in [0.1, 0.15) is 18.7 Å². The van der Waals surface area contributed by atoms with E-state index < -0.39 is 21.7 Å². The number of hydrogen-bond acceptors (Lipinski definition) is 6. The van der Waals surface area contributed by atoms with Gasteiger partial charge in [0.05, 0.1) is 18.6 Å². The molecule has 1 aromatic carbocycles. The largest absolute Gasteiger partial charge is 0.497 e. The predicted molar refractivity (Wildman–Crippen MR) is 108 cm³/mol. The molecular formula is C20H26N4O5S. The van der Waals surface area contributed by atoms with E-state index in [2.05, 4.69) is 4.98 Å². The van der Waals surface area contributed by atoms with Crippen molar-refractivity contribution in [2.45, 2.75) is 36.0 Å². The summed E-state index contributed by atoms with van der Waals surface area (Å²) in [6, 6.07) is 6.37. The molecule has 1 spiro atoms. The number of sulfonamides is 1. The number of nitrogens with zero attached hydrogens (tertiary/aromatic N) is 4. The Hall–Kier alpha value is -2.43. The Labute approximate surface area is 176 Å². The lowest BCUT2D eigenvalue weighted by Gasteiger charge is -2.45. The van der Waals surface area contributed by atoms with Gasteiger partial charge in [0.2, 0.25) is 10.0 Å². The molecule has 3 heterocycles. The number of methoxy groups -OCH3 is 1. The van der Waals surface area contributed by atoms with Gasteiger partial charge in [-0.3, -0.25) is 4.79 Å². The van der Waals surface area contributed by atoms with Crippen LogP contribution in [-0.2, 0) is 31.7 Å². The van der Waals surface area contributed by atoms with Gasteiger partial charge in [-0.1, -0.05) is 0 Å². The lowest BCUT2D eigenvalue weighted by atomic mass is 9.89. The van der Waals surface area contributed by atoms with Gasteiger partial charge in [-0.2, -0.15) is 4.31 Å². The molecule has 1 aromatic heterocycles. The van der Waals surface area contributed by atoms with Gasteiger partial charge in [-0.05, 0) is 37.1 Å². The van der Waals surface area contributed by atoms with Crippen LogP contribution in [0.4, 0.5) is 0 Å². The first-order valence-corrected chi connectivity index (χ1v) is 11.3. The van der Waals surface area contributed by atoms with Crippen molar-refractivity contribution in [3.05, 3.63) is 42.5 Å². The lowest BCUT2D eigenvalue weighted by molar-refractivity contribution is -0.177. The number of rotatable bonds is 4. The van der Waals surface area contributed by atoms with Gasteiger partial charge < -0.3 is 18.9 Å². The highest BCUT2D eigenvalue weighted by atomic mass is 32.2. The number of benzene rings is 1. The van der Waals surface area contributed by atoms with Crippen molar-refractivity contribution >= 4 is 15.9 Å². The monoisotopic (exact) mass is 434 g/mol. The van der Waals surface area contributed by atoms with Crippen LogP contribution in [0.3, 0.4) is 0 Å². The summed E-state index contributed by atoms with van der Waals surface area (Å²) in [6.45, 7) is 0.968. The molecule has 0 radical (unpaired) electrons. The Kier molecular flexibility index (Phi) is 5.33. The standard InChI is InChI=1S/C20H26N4O5S/c1-22(2)18(25)17-14-23-13-10-21-19(23)20(29-17)8-11-24(12-9-20)30(26,27)16-6-4-15(28-3)5-7-16/h4-7,10,13,17H,8-9,11-12,14H2,1-3H3. The van der Waals surface area contributed by atoms with Gasteiger partial charge >= 0.3 is 0 Å². The first-order valence-electron chi connectivity index (χ1n) is 9.82. The van der Waals surface area contributed by atoms with Crippen molar-refractivity contribution in [1.82, 2.24) is 18.8 Å². The number of aromatic nitrogens is 2. The maximum Gasteiger partial charge on any atom is 0.253 e. The predicted octanol–water partition coefficient (Wildman–Crippen LogP) is 1.06. The molecule has 1 amide bonds. The fourth-order valence-corrected chi connectivity index (χ4v) is 5.58. The highest BCUT2D eigenvalue weighted by Gasteiger charge is 2.48. The number of carbonyl (C=O) groups is 1. The molecular weight excluding hydrogens is 408 g/mol. The minimum atomic E-state index is -3.63. The fourth-order valence-electron chi connectivity index (χ4n) is 4.14. The molecule has 1 fully saturated rings. The summed E-state index contributed by atoms with van der Waals surface area (Å²) in [7, 11) is 1.31. The number of hydrogen-bond donors (Lipinski definition) is 0. The quantitative estimate of drug-likeness (QED) is 0.714. The van der Waals surface area contributed by atoms with Gasteiger partial charge in [0.15, 0.2) is 6.10 Å². The van der Waals surface area contributed by atoms with Crippen LogP contribution in [0, 0.1) is 0 Å². The van der Waals surface area contributed by atoms with Crippen LogP contribution >= 0.6 is 0 Å². The number of amides is 1. The summed E-state index contributed by atoms with van der Waals surface area (Å²) in [5.41, 5.74) is -0.774. The maximum absolute atomic E-state index is 13.1. The Bertz CT molecular complexity index is 1020. The van der Waals surface area contributed by atoms with Gasteiger partial charge in [0.1, 0.15) is 17.2 Å². The van der Waals surface area contributed by atoms with Crippen molar-refractivity contribution in [1.29, 1.82) is 0 Å². The summed E-state index contributed by atoms with van der Waals surface area (Å²) in [4.78, 5) is 18.8. The van der Waals surface area contributed by atoms with Crippen LogP contribution < -0.4 is 4.74 Å². The Morgan fingerprint density at radius 1 is 1.23 bits per heavy atom. The smallest absolute Gasteiger partial charge is 0.253 e. The van der Waals surface area contributed by atoms with Crippen molar-refractivity contribution in [3.8, 4) is 5.75 Å². The zero-order chi connectivity index (χ0) is 21.5. The molecule has 1 saturated heterocycles. The first-order chi connectivity index (χ1) is 14.3. The van der Waals surface area contributed by atoms with E-state index in [4.69, 9.17) is 9.47 Å². The topological polar surface area (TPSA) is 94.0 Å². The zero-order valence-corrected chi connectivity index (χ0v) is 18.1. The van der Waals surface area contributed by atoms with Gasteiger partial charge in [-0.25, -0.2) is 13.4 Å². The third-order valence-corrected chi connectivity index (χ3v) is 7.71. The molecule has 0 saturated carbocycles. The minimum Gasteiger partial charge on any atom is -0.497 e. The van der Waals surface area contributed by atoms with Crippen LogP contribution in [0.25, 0.3) is 0 Å². The van der Waals surface area contributed by atoms with Crippen molar-refractivity contribution in [3.63, 3.8) is 0 Å². The van der Waals surface area contributed by atoms with E-state index in [1.165, 1.54) is 16.3 Å². The molecule has 4 rings (SSSR count). The molecule has 1 unspecified atom stereocenters. The Balaban J connectivity index is 1.56. The minimum absolute atomic E-state index is 0.109. The van der Waals surface area contributed by atoms with E-state index in [9.17, 15) is 13.2 Å². The summed E-state index contributed by atoms with van der Waals surface area (Å²) >= 11 is 0. The fraction of sp³-hybridized carbons (Fsp3) is 0.500. The van der Waals surface area contributed by atoms with E-state index in [-0.39, 0.29) is 23.9 Å². The number of imidazole rings is 1. The van der Waals surface area contributed by atoms with E-state index in [0.29, 0.717) is 25.1 Å². The highest BCUT2D eigenvalue weighted by molar-refractivity contribution is 7.89. The second-order valence-electron chi connectivity index (χ2n) is 7.82. The second kappa shape index (κ2) is 7.68. The van der Waals surface area contributed by atoms with Gasteiger partial charge in [0.25, 0.3) is 5.91 Å². The molecule has 9 nitrogen and oxygen atoms in total. The third-order valence-electron chi connectivity index (χ3n) is 5.80. The Morgan fingerprint density at radius 2 is 1.90 bits per heavy atom. The maximum atomic E-state index is 13.1. The zero-order valence-electron chi connectivity index (χ0n) is 17.3. The summed E-state index contributed by atoms with van der Waals surface area (Å²) < 4.78 is 41.0. The third kappa shape index (κ3) is 3.48. The van der Waals surface area contributed by atoms with E-state index in [1.807, 2.05) is 10.8 Å². The van der Waals surface area contributed by atoms with Crippen LogP contribution in [0.5, 0.6) is 5.75 Å². The molecule has 0 aliphatic carbocycles. The van der Waals surface area contributed by atoms with E-state index in [1.54, 1.807) is 44.6 Å². The van der Waals surface area contributed by atoms with Crippen molar-refractivity contribution in [2.75, 3.05) is 34.3 Å². The number of likely N-dealkylation sites (N-methyl/N-ethyl adjacent to an activating group) is 1. The van der Waals surface area contributed by atoms with Crippen molar-refractivity contribution in [2.24, 2.45) is 0 Å². The SMILES string of the molecule is COc1ccc(S(=O)(=O)N2CCC3(CC2)OC(C(=O)N(C)C)Cn2ccnc23)cc1. The van der Waals surface area contributed by atoms with Crippen LogP contribution in [0.15, 0.2) is 41.6 Å². The van der Waals surface area contributed by atoms with Crippen LogP contribution in [-0.4, -0.2) is 73.5 Å². The summed E-state index contributed by atoms with van der Waals surface area (Å²) in [5.74, 6) is 1.25. The average Bonchev–Trinajstić information content (AvgIpc) is 3.23. The molecule has 2 aromatic rings. The number of piperidine rings is 1. The molecule has 30 heavy (non-hydrogen) atoms. The second-order valence-corrected chi connectivity index (χ2v) is 9.75. The van der Waals surface area contributed by atoms with Gasteiger partial charge in [0, 0.05) is 39.6 Å². The first kappa shape index (κ1) is 20.8. The normalized spacial score (nSPS) is 21.2. The molecule has 1 atom stereocenters. The highest BCUT2D eigenvalue weighted by Crippen LogP contribution is 2.41. The molecule has 0 N–H and O–H groups in total. The number of carbonyl (C=O) groups excluding carboxylic acids is 1. The summed E-state index contributed by atoms with van der Waals surface area (Å²) in [6.07, 6.45) is 3.78. The lowest BCUT2D eigenvalue weighted by Crippen LogP contribution is -2.54. The molecule has 10 heteroatoms. The van der Waals surface area contributed by atoms with Gasteiger partial charge in [-0.15, -0.1) is 0 Å². The Morgan fingerprint density at radius 3 is 2.50 bits per heavy atom.